The molecule has 0 aliphatic heterocycles. The van der Waals surface area contributed by atoms with Crippen molar-refractivity contribution in [1.29, 1.82) is 0 Å². The molecule has 0 aliphatic rings. The van der Waals surface area contributed by atoms with Gasteiger partial charge in [0.25, 0.3) is 0 Å². The van der Waals surface area contributed by atoms with Crippen LogP contribution in [0.25, 0.3) is 0 Å². The van der Waals surface area contributed by atoms with Crippen molar-refractivity contribution in [3.63, 3.8) is 0 Å². The molecule has 0 saturated carbocycles. The van der Waals surface area contributed by atoms with Gasteiger partial charge in [0.05, 0.1) is 16.9 Å². The van der Waals surface area contributed by atoms with Gasteiger partial charge in [-0.15, -0.1) is 0 Å². The molecule has 0 radical (unpaired) electrons. The zero-order chi connectivity index (χ0) is 19.4. The Hall–Kier alpha value is -1.82. The van der Waals surface area contributed by atoms with E-state index in [-0.39, 0.29) is 16.9 Å². The highest BCUT2D eigenvalue weighted by Crippen LogP contribution is 2.28. The highest BCUT2D eigenvalue weighted by atomic mass is 32.2. The lowest BCUT2D eigenvalue weighted by Crippen LogP contribution is -2.27. The second-order valence-corrected chi connectivity index (χ2v) is 9.52. The molecule has 5 nitrogen and oxygen atoms in total. The summed E-state index contributed by atoms with van der Waals surface area (Å²) >= 11 is 1.72. The van der Waals surface area contributed by atoms with Gasteiger partial charge in [0.2, 0.25) is 5.91 Å². The van der Waals surface area contributed by atoms with E-state index in [1.165, 1.54) is 0 Å². The second-order valence-electron chi connectivity index (χ2n) is 8.42. The maximum absolute atomic E-state index is 12.4. The predicted octanol–water partition coefficient (Wildman–Crippen LogP) is 4.59. The minimum atomic E-state index is -0.195. The molecular formula is C20H30N4OS. The van der Waals surface area contributed by atoms with Crippen molar-refractivity contribution in [3.8, 4) is 0 Å². The number of thioether (sulfide) groups is 1. The summed E-state index contributed by atoms with van der Waals surface area (Å²) in [7, 11) is 0. The van der Waals surface area contributed by atoms with E-state index in [4.69, 9.17) is 5.10 Å². The number of pyridine rings is 1. The topological polar surface area (TPSA) is 59.8 Å². The van der Waals surface area contributed by atoms with Crippen LogP contribution in [0.4, 0.5) is 5.82 Å². The Labute approximate surface area is 161 Å². The van der Waals surface area contributed by atoms with Crippen LogP contribution in [0.3, 0.4) is 0 Å². The van der Waals surface area contributed by atoms with Crippen molar-refractivity contribution < 1.29 is 4.79 Å². The van der Waals surface area contributed by atoms with Gasteiger partial charge in [0, 0.05) is 35.6 Å². The zero-order valence-electron chi connectivity index (χ0n) is 16.7. The van der Waals surface area contributed by atoms with Gasteiger partial charge in [-0.2, -0.15) is 16.9 Å². The normalized spacial score (nSPS) is 12.2. The fraction of sp³-hybridized carbons (Fsp3) is 0.550. The summed E-state index contributed by atoms with van der Waals surface area (Å²) in [6.07, 6.45) is 2.26. The van der Waals surface area contributed by atoms with Crippen LogP contribution in [0.15, 0.2) is 30.5 Å². The van der Waals surface area contributed by atoms with Crippen LogP contribution in [-0.2, 0) is 21.5 Å². The summed E-state index contributed by atoms with van der Waals surface area (Å²) in [6.45, 7) is 12.6. The van der Waals surface area contributed by atoms with Crippen LogP contribution in [0.2, 0.25) is 0 Å². The molecule has 6 heteroatoms. The summed E-state index contributed by atoms with van der Waals surface area (Å²) < 4.78 is 1.91. The smallest absolute Gasteiger partial charge is 0.226 e. The molecule has 0 fully saturated rings. The first kappa shape index (κ1) is 20.5. The molecule has 26 heavy (non-hydrogen) atoms. The molecule has 0 unspecified atom stereocenters. The highest BCUT2D eigenvalue weighted by Gasteiger charge is 2.25. The number of rotatable bonds is 6. The predicted molar refractivity (Wildman–Crippen MR) is 110 cm³/mol. The Morgan fingerprint density at radius 3 is 2.50 bits per heavy atom. The molecule has 0 saturated heterocycles. The third kappa shape index (κ3) is 5.87. The Kier molecular flexibility index (Phi) is 6.50. The molecule has 142 valence electrons. The molecule has 0 spiro atoms. The highest BCUT2D eigenvalue weighted by molar-refractivity contribution is 7.98. The molecule has 0 aromatic carbocycles. The van der Waals surface area contributed by atoms with Crippen LogP contribution < -0.4 is 5.32 Å². The summed E-state index contributed by atoms with van der Waals surface area (Å²) in [6, 6.07) is 7.88. The largest absolute Gasteiger partial charge is 0.311 e. The number of anilines is 1. The van der Waals surface area contributed by atoms with Gasteiger partial charge in [0.1, 0.15) is 5.82 Å². The fourth-order valence-corrected chi connectivity index (χ4v) is 3.23. The summed E-state index contributed by atoms with van der Waals surface area (Å²) in [4.78, 5) is 16.7. The molecule has 0 bridgehead atoms. The maximum Gasteiger partial charge on any atom is 0.226 e. The number of carbonyl (C=O) groups excluding carboxylic acids is 1. The average molecular weight is 375 g/mol. The first-order chi connectivity index (χ1) is 12.1. The number of nitrogens with one attached hydrogen (secondary N) is 1. The van der Waals surface area contributed by atoms with Gasteiger partial charge < -0.3 is 5.32 Å². The van der Waals surface area contributed by atoms with Gasteiger partial charge in [-0.05, 0) is 32.9 Å². The lowest BCUT2D eigenvalue weighted by atomic mass is 9.92. The molecule has 1 amide bonds. The Balaban J connectivity index is 1.94. The van der Waals surface area contributed by atoms with Gasteiger partial charge in [0.15, 0.2) is 0 Å². The number of carbonyl (C=O) groups is 1. The van der Waals surface area contributed by atoms with E-state index in [0.29, 0.717) is 6.42 Å². The van der Waals surface area contributed by atoms with E-state index in [0.717, 1.165) is 28.7 Å². The minimum absolute atomic E-state index is 0.0179. The summed E-state index contributed by atoms with van der Waals surface area (Å²) in [5.41, 5.74) is 1.76. The molecule has 0 atom stereocenters. The van der Waals surface area contributed by atoms with Crippen LogP contribution in [0, 0.1) is 0 Å². The van der Waals surface area contributed by atoms with Gasteiger partial charge >= 0.3 is 0 Å². The Morgan fingerprint density at radius 2 is 1.92 bits per heavy atom. The third-order valence-corrected chi connectivity index (χ3v) is 4.82. The van der Waals surface area contributed by atoms with E-state index >= 15 is 0 Å². The standard InChI is InChI=1S/C20H30N4OS/c1-19(2,3)16-13-17(24(23-16)20(4,5)6)22-18(25)10-12-26-14-15-9-7-8-11-21-15/h7-9,11,13H,10,12,14H2,1-6H3,(H,22,25). The monoisotopic (exact) mass is 374 g/mol. The average Bonchev–Trinajstić information content (AvgIpc) is 2.97. The first-order valence-corrected chi connectivity index (χ1v) is 10.1. The number of aromatic nitrogens is 3. The Morgan fingerprint density at radius 1 is 1.19 bits per heavy atom. The molecular weight excluding hydrogens is 344 g/mol. The van der Waals surface area contributed by atoms with Crippen molar-refractivity contribution in [3.05, 3.63) is 41.9 Å². The fourth-order valence-electron chi connectivity index (χ4n) is 2.38. The van der Waals surface area contributed by atoms with Crippen LogP contribution in [0.5, 0.6) is 0 Å². The zero-order valence-corrected chi connectivity index (χ0v) is 17.5. The van der Waals surface area contributed by atoms with Crippen molar-refractivity contribution >= 4 is 23.5 Å². The molecule has 1 N–H and O–H groups in total. The number of nitrogens with zero attached hydrogens (tertiary/aromatic N) is 3. The minimum Gasteiger partial charge on any atom is -0.311 e. The lowest BCUT2D eigenvalue weighted by molar-refractivity contribution is -0.115. The molecule has 0 aliphatic carbocycles. The number of amides is 1. The summed E-state index contributed by atoms with van der Waals surface area (Å²) in [5.74, 6) is 2.37. The van der Waals surface area contributed by atoms with E-state index in [2.05, 4.69) is 51.8 Å². The first-order valence-electron chi connectivity index (χ1n) is 8.96. The van der Waals surface area contributed by atoms with Gasteiger partial charge in [-0.1, -0.05) is 26.8 Å². The van der Waals surface area contributed by atoms with Crippen molar-refractivity contribution in [1.82, 2.24) is 14.8 Å². The molecule has 2 aromatic rings. The van der Waals surface area contributed by atoms with Gasteiger partial charge in [-0.25, -0.2) is 4.68 Å². The summed E-state index contributed by atoms with van der Waals surface area (Å²) in [5, 5.41) is 7.77. The van der Waals surface area contributed by atoms with E-state index < -0.39 is 0 Å². The third-order valence-electron chi connectivity index (χ3n) is 3.83. The van der Waals surface area contributed by atoms with Crippen molar-refractivity contribution in [2.75, 3.05) is 11.1 Å². The molecule has 2 heterocycles. The molecule has 2 rings (SSSR count). The van der Waals surface area contributed by atoms with E-state index in [1.54, 1.807) is 18.0 Å². The quantitative estimate of drug-likeness (QED) is 0.751. The lowest BCUT2D eigenvalue weighted by Gasteiger charge is -2.23. The van der Waals surface area contributed by atoms with Crippen LogP contribution in [-0.4, -0.2) is 26.4 Å². The molecule has 2 aromatic heterocycles. The van der Waals surface area contributed by atoms with E-state index in [9.17, 15) is 4.79 Å². The SMILES string of the molecule is CC(C)(C)c1cc(NC(=O)CCSCc2ccccn2)n(C(C)(C)C)n1. The maximum atomic E-state index is 12.4. The second kappa shape index (κ2) is 8.25. The Bertz CT molecular complexity index is 727. The number of hydrogen-bond acceptors (Lipinski definition) is 4. The van der Waals surface area contributed by atoms with Crippen LogP contribution in [0.1, 0.15) is 59.4 Å². The van der Waals surface area contributed by atoms with Crippen molar-refractivity contribution in [2.45, 2.75) is 64.7 Å². The van der Waals surface area contributed by atoms with E-state index in [1.807, 2.05) is 28.9 Å². The van der Waals surface area contributed by atoms with Crippen molar-refractivity contribution in [2.24, 2.45) is 0 Å². The van der Waals surface area contributed by atoms with Gasteiger partial charge in [-0.3, -0.25) is 9.78 Å². The van der Waals surface area contributed by atoms with Crippen LogP contribution >= 0.6 is 11.8 Å². The number of hydrogen-bond donors (Lipinski definition) is 1.